The quantitative estimate of drug-likeness (QED) is 0.728. The highest BCUT2D eigenvalue weighted by molar-refractivity contribution is 5.25. The molecule has 0 radical (unpaired) electrons. The third kappa shape index (κ3) is 1.92. The Bertz CT molecular complexity index is 257. The van der Waals surface area contributed by atoms with E-state index in [9.17, 15) is 0 Å². The molecule has 1 heteroatoms. The average molecular weight is 175 g/mol. The second-order valence-electron chi connectivity index (χ2n) is 3.74. The van der Waals surface area contributed by atoms with Crippen molar-refractivity contribution in [1.29, 1.82) is 0 Å². The number of rotatable bonds is 2. The molecule has 1 saturated heterocycles. The van der Waals surface area contributed by atoms with Crippen LogP contribution in [0, 0.1) is 0 Å². The molecule has 70 valence electrons. The van der Waals surface area contributed by atoms with Gasteiger partial charge in [0.1, 0.15) is 0 Å². The van der Waals surface area contributed by atoms with Gasteiger partial charge in [0.05, 0.1) is 0 Å². The van der Waals surface area contributed by atoms with Crippen LogP contribution in [0.25, 0.3) is 0 Å². The smallest absolute Gasteiger partial charge is 0.0320 e. The van der Waals surface area contributed by atoms with E-state index in [0.29, 0.717) is 6.04 Å². The van der Waals surface area contributed by atoms with Crippen molar-refractivity contribution in [3.8, 4) is 0 Å². The van der Waals surface area contributed by atoms with E-state index < -0.39 is 0 Å². The van der Waals surface area contributed by atoms with Crippen molar-refractivity contribution < 1.29 is 0 Å². The maximum absolute atomic E-state index is 3.51. The van der Waals surface area contributed by atoms with Crippen LogP contribution in [0.1, 0.15) is 36.9 Å². The Hall–Kier alpha value is -0.820. The highest BCUT2D eigenvalue weighted by Gasteiger charge is 2.15. The normalized spacial score (nSPS) is 22.1. The van der Waals surface area contributed by atoms with Crippen molar-refractivity contribution in [3.63, 3.8) is 0 Å². The Balaban J connectivity index is 2.12. The fourth-order valence-corrected chi connectivity index (χ4v) is 1.95. The van der Waals surface area contributed by atoms with Gasteiger partial charge in [-0.3, -0.25) is 0 Å². The van der Waals surface area contributed by atoms with E-state index in [4.69, 9.17) is 0 Å². The highest BCUT2D eigenvalue weighted by atomic mass is 14.9. The van der Waals surface area contributed by atoms with Crippen LogP contribution in [-0.4, -0.2) is 6.54 Å². The number of hydrogen-bond acceptors (Lipinski definition) is 1. The van der Waals surface area contributed by atoms with Crippen molar-refractivity contribution in [2.45, 2.75) is 32.2 Å². The van der Waals surface area contributed by atoms with Crippen LogP contribution in [0.4, 0.5) is 0 Å². The van der Waals surface area contributed by atoms with Crippen LogP contribution in [0.3, 0.4) is 0 Å². The number of aryl methyl sites for hydroxylation is 1. The first kappa shape index (κ1) is 8.76. The molecule has 0 saturated carbocycles. The minimum Gasteiger partial charge on any atom is -0.310 e. The maximum atomic E-state index is 3.51. The molecule has 0 amide bonds. The van der Waals surface area contributed by atoms with Crippen LogP contribution >= 0.6 is 0 Å². The molecule has 0 aliphatic carbocycles. The van der Waals surface area contributed by atoms with Crippen LogP contribution in [0.2, 0.25) is 0 Å². The summed E-state index contributed by atoms with van der Waals surface area (Å²) < 4.78 is 0. The topological polar surface area (TPSA) is 12.0 Å². The number of benzene rings is 1. The number of nitrogens with one attached hydrogen (secondary N) is 1. The zero-order valence-corrected chi connectivity index (χ0v) is 8.22. The van der Waals surface area contributed by atoms with E-state index in [2.05, 4.69) is 36.5 Å². The molecule has 0 aromatic heterocycles. The molecule has 1 aromatic carbocycles. The van der Waals surface area contributed by atoms with Gasteiger partial charge in [-0.25, -0.2) is 0 Å². The van der Waals surface area contributed by atoms with Gasteiger partial charge in [0.15, 0.2) is 0 Å². The summed E-state index contributed by atoms with van der Waals surface area (Å²) >= 11 is 0. The SMILES string of the molecule is CCc1ccc([C@@H]2CCCN2)cc1. The van der Waals surface area contributed by atoms with Crippen molar-refractivity contribution in [3.05, 3.63) is 35.4 Å². The second kappa shape index (κ2) is 3.93. The molecule has 1 atom stereocenters. The van der Waals surface area contributed by atoms with Gasteiger partial charge in [0.2, 0.25) is 0 Å². The van der Waals surface area contributed by atoms with E-state index in [1.165, 1.54) is 30.5 Å². The predicted molar refractivity (Wildman–Crippen MR) is 55.8 cm³/mol. The van der Waals surface area contributed by atoms with Crippen LogP contribution < -0.4 is 5.32 Å². The fraction of sp³-hybridized carbons (Fsp3) is 0.500. The molecular formula is C12H17N. The molecule has 13 heavy (non-hydrogen) atoms. The van der Waals surface area contributed by atoms with Gasteiger partial charge in [-0.2, -0.15) is 0 Å². The van der Waals surface area contributed by atoms with Crippen LogP contribution in [0.5, 0.6) is 0 Å². The van der Waals surface area contributed by atoms with Gasteiger partial charge in [-0.1, -0.05) is 31.2 Å². The predicted octanol–water partition coefficient (Wildman–Crippen LogP) is 2.67. The summed E-state index contributed by atoms with van der Waals surface area (Å²) in [7, 11) is 0. The summed E-state index contributed by atoms with van der Waals surface area (Å²) in [5.41, 5.74) is 2.89. The van der Waals surface area contributed by atoms with Crippen LogP contribution in [0.15, 0.2) is 24.3 Å². The van der Waals surface area contributed by atoms with Crippen molar-refractivity contribution in [2.24, 2.45) is 0 Å². The molecule has 2 rings (SSSR count). The summed E-state index contributed by atoms with van der Waals surface area (Å²) in [6.07, 6.45) is 3.75. The van der Waals surface area contributed by atoms with E-state index in [1.54, 1.807) is 0 Å². The molecule has 0 spiro atoms. The summed E-state index contributed by atoms with van der Waals surface area (Å²) in [5.74, 6) is 0. The standard InChI is InChI=1S/C12H17N/c1-2-10-5-7-11(8-6-10)12-4-3-9-13-12/h5-8,12-13H,2-4,9H2,1H3/t12-/m0/s1. The minimum atomic E-state index is 0.617. The lowest BCUT2D eigenvalue weighted by molar-refractivity contribution is 0.647. The average Bonchev–Trinajstić information content (AvgIpc) is 2.71. The Morgan fingerprint density at radius 1 is 1.31 bits per heavy atom. The van der Waals surface area contributed by atoms with Crippen molar-refractivity contribution >= 4 is 0 Å². The van der Waals surface area contributed by atoms with E-state index in [-0.39, 0.29) is 0 Å². The largest absolute Gasteiger partial charge is 0.310 e. The van der Waals surface area contributed by atoms with Gasteiger partial charge in [-0.15, -0.1) is 0 Å². The van der Waals surface area contributed by atoms with E-state index >= 15 is 0 Å². The highest BCUT2D eigenvalue weighted by Crippen LogP contribution is 2.22. The van der Waals surface area contributed by atoms with Gasteiger partial charge in [-0.05, 0) is 36.9 Å². The van der Waals surface area contributed by atoms with Gasteiger partial charge < -0.3 is 5.32 Å². The number of hydrogen-bond donors (Lipinski definition) is 1. The molecule has 1 aliphatic heterocycles. The lowest BCUT2D eigenvalue weighted by Gasteiger charge is -2.10. The third-order valence-electron chi connectivity index (χ3n) is 2.85. The summed E-state index contributed by atoms with van der Waals surface area (Å²) in [6, 6.07) is 9.64. The summed E-state index contributed by atoms with van der Waals surface area (Å²) in [6.45, 7) is 3.38. The lowest BCUT2D eigenvalue weighted by atomic mass is 10.0. The fourth-order valence-electron chi connectivity index (χ4n) is 1.95. The molecule has 1 aromatic rings. The molecule has 1 N–H and O–H groups in total. The summed E-state index contributed by atoms with van der Waals surface area (Å²) in [5, 5.41) is 3.51. The molecule has 1 aliphatic rings. The first-order chi connectivity index (χ1) is 6.40. The molecule has 1 nitrogen and oxygen atoms in total. The van der Waals surface area contributed by atoms with Crippen LogP contribution in [-0.2, 0) is 6.42 Å². The Morgan fingerprint density at radius 3 is 2.62 bits per heavy atom. The van der Waals surface area contributed by atoms with Crippen molar-refractivity contribution in [1.82, 2.24) is 5.32 Å². The van der Waals surface area contributed by atoms with E-state index in [0.717, 1.165) is 6.42 Å². The molecule has 1 fully saturated rings. The Morgan fingerprint density at radius 2 is 2.08 bits per heavy atom. The summed E-state index contributed by atoms with van der Waals surface area (Å²) in [4.78, 5) is 0. The first-order valence-corrected chi connectivity index (χ1v) is 5.22. The molecular weight excluding hydrogens is 158 g/mol. The zero-order valence-electron chi connectivity index (χ0n) is 8.22. The van der Waals surface area contributed by atoms with Gasteiger partial charge in [0, 0.05) is 6.04 Å². The molecule has 0 bridgehead atoms. The van der Waals surface area contributed by atoms with E-state index in [1.807, 2.05) is 0 Å². The second-order valence-corrected chi connectivity index (χ2v) is 3.74. The van der Waals surface area contributed by atoms with Gasteiger partial charge >= 0.3 is 0 Å². The van der Waals surface area contributed by atoms with Crippen molar-refractivity contribution in [2.75, 3.05) is 6.54 Å². The molecule has 0 unspecified atom stereocenters. The Kier molecular flexibility index (Phi) is 2.65. The lowest BCUT2D eigenvalue weighted by Crippen LogP contribution is -2.12. The molecule has 1 heterocycles. The Labute approximate surface area is 80.2 Å². The van der Waals surface area contributed by atoms with Gasteiger partial charge in [0.25, 0.3) is 0 Å². The first-order valence-electron chi connectivity index (χ1n) is 5.22. The maximum Gasteiger partial charge on any atom is 0.0320 e. The zero-order chi connectivity index (χ0) is 9.10. The monoisotopic (exact) mass is 175 g/mol. The third-order valence-corrected chi connectivity index (χ3v) is 2.85. The minimum absolute atomic E-state index is 0.617.